The first-order valence-electron chi connectivity index (χ1n) is 12.2. The summed E-state index contributed by atoms with van der Waals surface area (Å²) in [5.41, 5.74) is 0.0985. The molecule has 1 N–H and O–H groups in total. The molecule has 0 radical (unpaired) electrons. The topological polar surface area (TPSA) is 63.6 Å². The number of Topliss-reactive ketones (excluding diaryl/α,β-unsaturated/α-hetero) is 1. The minimum Gasteiger partial charge on any atom is -0.466 e. The molecule has 4 aliphatic carbocycles. The van der Waals surface area contributed by atoms with Gasteiger partial charge in [0.1, 0.15) is 5.78 Å². The van der Waals surface area contributed by atoms with Crippen molar-refractivity contribution in [3.63, 3.8) is 0 Å². The zero-order valence-corrected chi connectivity index (χ0v) is 18.6. The maximum atomic E-state index is 12.6. The predicted octanol–water partition coefficient (Wildman–Crippen LogP) is 4.92. The number of aliphatic hydroxyl groups is 1. The third-order valence-corrected chi connectivity index (χ3v) is 9.80. The van der Waals surface area contributed by atoms with E-state index in [1.165, 1.54) is 12.8 Å². The number of hydrogen-bond acceptors (Lipinski definition) is 4. The second kappa shape index (κ2) is 7.98. The number of fused-ring (bicyclic) bond motifs is 5. The lowest BCUT2D eigenvalue weighted by molar-refractivity contribution is -0.165. The predicted molar refractivity (Wildman–Crippen MR) is 112 cm³/mol. The van der Waals surface area contributed by atoms with Gasteiger partial charge in [0.05, 0.1) is 12.7 Å². The van der Waals surface area contributed by atoms with Crippen molar-refractivity contribution in [1.82, 2.24) is 0 Å². The number of ketones is 1. The van der Waals surface area contributed by atoms with Gasteiger partial charge in [-0.3, -0.25) is 9.59 Å². The summed E-state index contributed by atoms with van der Waals surface area (Å²) in [6.45, 7) is 6.98. The van der Waals surface area contributed by atoms with Crippen molar-refractivity contribution in [3.8, 4) is 0 Å². The van der Waals surface area contributed by atoms with Crippen LogP contribution in [0.2, 0.25) is 0 Å². The number of carbonyl (C=O) groups is 2. The molecule has 29 heavy (non-hydrogen) atoms. The summed E-state index contributed by atoms with van der Waals surface area (Å²) >= 11 is 0. The minimum absolute atomic E-state index is 0.0787. The fourth-order valence-corrected chi connectivity index (χ4v) is 8.18. The molecule has 4 fully saturated rings. The van der Waals surface area contributed by atoms with Crippen molar-refractivity contribution in [2.45, 2.75) is 97.5 Å². The van der Waals surface area contributed by atoms with E-state index in [9.17, 15) is 14.7 Å². The second-order valence-corrected chi connectivity index (χ2v) is 11.0. The molecule has 164 valence electrons. The van der Waals surface area contributed by atoms with E-state index in [0.717, 1.165) is 51.4 Å². The molecule has 4 heteroatoms. The minimum atomic E-state index is -0.229. The highest BCUT2D eigenvalue weighted by Gasteiger charge is 2.61. The molecule has 0 aromatic carbocycles. The van der Waals surface area contributed by atoms with E-state index in [-0.39, 0.29) is 22.9 Å². The van der Waals surface area contributed by atoms with Crippen LogP contribution in [0.4, 0.5) is 0 Å². The Kier molecular flexibility index (Phi) is 5.87. The smallest absolute Gasteiger partial charge is 0.305 e. The van der Waals surface area contributed by atoms with Gasteiger partial charge < -0.3 is 9.84 Å². The summed E-state index contributed by atoms with van der Waals surface area (Å²) in [7, 11) is 0. The van der Waals surface area contributed by atoms with E-state index < -0.39 is 0 Å². The molecule has 0 amide bonds. The highest BCUT2D eigenvalue weighted by Crippen LogP contribution is 2.66. The number of rotatable bonds is 5. The lowest BCUT2D eigenvalue weighted by Crippen LogP contribution is -2.57. The summed E-state index contributed by atoms with van der Waals surface area (Å²) in [6.07, 6.45) is 10.7. The molecule has 4 nitrogen and oxygen atoms in total. The van der Waals surface area contributed by atoms with E-state index in [1.807, 2.05) is 6.92 Å². The van der Waals surface area contributed by atoms with Crippen LogP contribution in [-0.2, 0) is 14.3 Å². The van der Waals surface area contributed by atoms with E-state index in [2.05, 4.69) is 13.8 Å². The molecule has 0 spiro atoms. The second-order valence-electron chi connectivity index (χ2n) is 11.0. The van der Waals surface area contributed by atoms with Gasteiger partial charge in [-0.25, -0.2) is 0 Å². The van der Waals surface area contributed by atoms with Gasteiger partial charge in [0, 0.05) is 18.3 Å². The van der Waals surface area contributed by atoms with Gasteiger partial charge in [0.2, 0.25) is 0 Å². The molecule has 0 bridgehead atoms. The molecule has 0 unspecified atom stereocenters. The van der Waals surface area contributed by atoms with Crippen LogP contribution in [0.5, 0.6) is 0 Å². The molecule has 0 saturated heterocycles. The summed E-state index contributed by atoms with van der Waals surface area (Å²) in [4.78, 5) is 24.2. The summed E-state index contributed by atoms with van der Waals surface area (Å²) < 4.78 is 5.06. The Balaban J connectivity index is 1.42. The molecular formula is C25H40O4. The first-order valence-corrected chi connectivity index (χ1v) is 12.2. The first kappa shape index (κ1) is 21.3. The van der Waals surface area contributed by atoms with Gasteiger partial charge >= 0.3 is 5.97 Å². The molecule has 8 atom stereocenters. The molecule has 0 heterocycles. The molecular weight excluding hydrogens is 364 g/mol. The molecule has 4 rings (SSSR count). The molecule has 4 aliphatic rings. The monoisotopic (exact) mass is 404 g/mol. The maximum absolute atomic E-state index is 12.6. The Labute approximate surface area is 176 Å². The van der Waals surface area contributed by atoms with E-state index >= 15 is 0 Å². The lowest BCUT2D eigenvalue weighted by Gasteiger charge is -2.61. The summed E-state index contributed by atoms with van der Waals surface area (Å²) in [5.74, 6) is 3.08. The van der Waals surface area contributed by atoms with Crippen LogP contribution < -0.4 is 0 Å². The number of ether oxygens (including phenoxy) is 1. The lowest BCUT2D eigenvalue weighted by atomic mass is 9.44. The highest BCUT2D eigenvalue weighted by molar-refractivity contribution is 5.87. The van der Waals surface area contributed by atoms with Gasteiger partial charge in [-0.1, -0.05) is 13.8 Å². The van der Waals surface area contributed by atoms with Crippen LogP contribution in [0, 0.1) is 40.4 Å². The van der Waals surface area contributed by atoms with Crippen LogP contribution in [0.1, 0.15) is 91.4 Å². The fourth-order valence-electron chi connectivity index (χ4n) is 8.18. The third-order valence-electron chi connectivity index (χ3n) is 9.80. The summed E-state index contributed by atoms with van der Waals surface area (Å²) in [6, 6.07) is 0. The summed E-state index contributed by atoms with van der Waals surface area (Å²) in [5, 5.41) is 11.2. The van der Waals surface area contributed by atoms with Crippen LogP contribution in [0.3, 0.4) is 0 Å². The Bertz CT molecular complexity index is 645. The Hall–Kier alpha value is -0.900. The van der Waals surface area contributed by atoms with Crippen molar-refractivity contribution in [2.24, 2.45) is 40.4 Å². The number of aliphatic hydroxyl groups excluding tert-OH is 1. The van der Waals surface area contributed by atoms with Gasteiger partial charge in [0.25, 0.3) is 0 Å². The Morgan fingerprint density at radius 3 is 2.66 bits per heavy atom. The normalized spacial score (nSPS) is 46.6. The van der Waals surface area contributed by atoms with Crippen LogP contribution >= 0.6 is 0 Å². The van der Waals surface area contributed by atoms with Crippen molar-refractivity contribution < 1.29 is 19.4 Å². The van der Waals surface area contributed by atoms with Crippen molar-refractivity contribution in [2.75, 3.05) is 6.61 Å². The maximum Gasteiger partial charge on any atom is 0.305 e. The number of esters is 1. The van der Waals surface area contributed by atoms with Crippen LogP contribution in [0.25, 0.3) is 0 Å². The molecule has 4 saturated carbocycles. The van der Waals surface area contributed by atoms with Gasteiger partial charge in [-0.05, 0) is 99.7 Å². The standard InChI is InChI=1S/C25H40O4/c1-4-29-23(28)7-5-6-16-10-12-24(2)19-11-13-25(3)18(8-9-22(25)27)17(19)15-21(26)20(24)14-16/h16-21,26H,4-15H2,1-3H3/t16-,17-,18-,19-,20+,21-,24+,25-/m0/s1. The van der Waals surface area contributed by atoms with E-state index in [0.29, 0.717) is 48.4 Å². The molecule has 0 aliphatic heterocycles. The average Bonchev–Trinajstić information content (AvgIpc) is 2.98. The third kappa shape index (κ3) is 3.58. The number of carbonyl (C=O) groups excluding carboxylic acids is 2. The first-order chi connectivity index (χ1) is 13.8. The van der Waals surface area contributed by atoms with Crippen LogP contribution in [0.15, 0.2) is 0 Å². The zero-order chi connectivity index (χ0) is 20.8. The number of hydrogen-bond donors (Lipinski definition) is 1. The van der Waals surface area contributed by atoms with Crippen LogP contribution in [-0.4, -0.2) is 29.6 Å². The van der Waals surface area contributed by atoms with Gasteiger partial charge in [-0.2, -0.15) is 0 Å². The van der Waals surface area contributed by atoms with Crippen molar-refractivity contribution in [3.05, 3.63) is 0 Å². The van der Waals surface area contributed by atoms with Crippen molar-refractivity contribution in [1.29, 1.82) is 0 Å². The SMILES string of the molecule is CCOC(=O)CCC[C@H]1CC[C@@]2(C)[C@H](C1)[C@@H](O)C[C@@H]1[C@@H]2CC[C@]2(C)C(=O)CC[C@@H]12. The Morgan fingerprint density at radius 1 is 1.10 bits per heavy atom. The fraction of sp³-hybridized carbons (Fsp3) is 0.920. The zero-order valence-electron chi connectivity index (χ0n) is 18.6. The Morgan fingerprint density at radius 2 is 1.90 bits per heavy atom. The quantitative estimate of drug-likeness (QED) is 0.661. The van der Waals surface area contributed by atoms with Crippen molar-refractivity contribution >= 4 is 11.8 Å². The van der Waals surface area contributed by atoms with E-state index in [1.54, 1.807) is 0 Å². The molecule has 0 aromatic heterocycles. The van der Waals surface area contributed by atoms with E-state index in [4.69, 9.17) is 4.74 Å². The van der Waals surface area contributed by atoms with Gasteiger partial charge in [0.15, 0.2) is 0 Å². The highest BCUT2D eigenvalue weighted by atomic mass is 16.5. The largest absolute Gasteiger partial charge is 0.466 e. The molecule has 0 aromatic rings. The van der Waals surface area contributed by atoms with Gasteiger partial charge in [-0.15, -0.1) is 0 Å². The average molecular weight is 405 g/mol.